The van der Waals surface area contributed by atoms with Gasteiger partial charge in [0.2, 0.25) is 0 Å². The number of carbonyl (C=O) groups is 1. The Morgan fingerprint density at radius 1 is 1.09 bits per heavy atom. The third-order valence-electron chi connectivity index (χ3n) is 7.22. The van der Waals surface area contributed by atoms with Crippen molar-refractivity contribution in [3.63, 3.8) is 0 Å². The van der Waals surface area contributed by atoms with E-state index >= 15 is 0 Å². The topological polar surface area (TPSA) is 87.5 Å². The first-order valence-electron chi connectivity index (χ1n) is 11.6. The van der Waals surface area contributed by atoms with Crippen LogP contribution in [0.1, 0.15) is 49.4 Å². The molecule has 1 aromatic heterocycles. The van der Waals surface area contributed by atoms with Crippen LogP contribution < -0.4 is 5.32 Å². The van der Waals surface area contributed by atoms with Crippen LogP contribution in [0.25, 0.3) is 0 Å². The molecule has 8 nitrogen and oxygen atoms in total. The summed E-state index contributed by atoms with van der Waals surface area (Å²) < 4.78 is 57.3. The first kappa shape index (κ1) is 24.7. The highest BCUT2D eigenvalue weighted by Gasteiger charge is 2.45. The zero-order chi connectivity index (χ0) is 24.5. The molecule has 1 saturated heterocycles. The number of benzene rings is 1. The van der Waals surface area contributed by atoms with Crippen molar-refractivity contribution in [1.82, 2.24) is 24.1 Å². The van der Waals surface area contributed by atoms with Crippen LogP contribution in [0.3, 0.4) is 0 Å². The lowest BCUT2D eigenvalue weighted by Gasteiger charge is -2.52. The molecule has 11 heteroatoms. The number of imidazole rings is 1. The zero-order valence-electron chi connectivity index (χ0n) is 19.5. The summed E-state index contributed by atoms with van der Waals surface area (Å²) >= 11 is 0. The molecule has 2 fully saturated rings. The molecule has 1 saturated carbocycles. The van der Waals surface area contributed by atoms with E-state index in [2.05, 4.69) is 15.2 Å². The van der Waals surface area contributed by atoms with Crippen LogP contribution >= 0.6 is 0 Å². The summed E-state index contributed by atoms with van der Waals surface area (Å²) in [5.41, 5.74) is -0.983. The van der Waals surface area contributed by atoms with Gasteiger partial charge in [-0.05, 0) is 31.9 Å². The number of piperazine rings is 1. The maximum atomic E-state index is 14.2. The standard InChI is InChI=1S/C23H31F2N5O3S/c1-17(27-22(31)21-18(24)7-6-8-19(21)25)23(9-4-3-5-10-23)29-11-13-30(14-12-29)34(32,33)20-15-28(2)16-26-20/h6-8,15-17H,3-5,9-14H2,1-2H3,(H,27,31). The van der Waals surface area contributed by atoms with E-state index in [9.17, 15) is 22.0 Å². The Balaban J connectivity index is 1.50. The summed E-state index contributed by atoms with van der Waals surface area (Å²) in [5, 5.41) is 2.88. The van der Waals surface area contributed by atoms with E-state index in [1.165, 1.54) is 22.9 Å². The summed E-state index contributed by atoms with van der Waals surface area (Å²) in [6.45, 7) is 3.49. The van der Waals surface area contributed by atoms with E-state index in [-0.39, 0.29) is 11.1 Å². The molecule has 1 unspecified atom stereocenters. The maximum absolute atomic E-state index is 14.2. The van der Waals surface area contributed by atoms with Crippen LogP contribution in [0.2, 0.25) is 0 Å². The minimum Gasteiger partial charge on any atom is -0.348 e. The lowest BCUT2D eigenvalue weighted by Crippen LogP contribution is -2.66. The lowest BCUT2D eigenvalue weighted by molar-refractivity contribution is 0.000537. The molecule has 1 N–H and O–H groups in total. The number of nitrogens with one attached hydrogen (secondary N) is 1. The molecule has 2 aromatic rings. The molecule has 1 amide bonds. The van der Waals surface area contributed by atoms with Gasteiger partial charge in [-0.15, -0.1) is 0 Å². The number of sulfonamides is 1. The van der Waals surface area contributed by atoms with Crippen LogP contribution in [0, 0.1) is 11.6 Å². The number of rotatable bonds is 6. The minimum atomic E-state index is -3.68. The fraction of sp³-hybridized carbons (Fsp3) is 0.565. The maximum Gasteiger partial charge on any atom is 0.262 e. The number of hydrogen-bond acceptors (Lipinski definition) is 5. The number of nitrogens with zero attached hydrogens (tertiary/aromatic N) is 4. The lowest BCUT2D eigenvalue weighted by atomic mass is 9.75. The molecule has 1 aromatic carbocycles. The van der Waals surface area contributed by atoms with Crippen LogP contribution in [-0.2, 0) is 17.1 Å². The van der Waals surface area contributed by atoms with E-state index in [1.54, 1.807) is 11.6 Å². The van der Waals surface area contributed by atoms with E-state index in [1.807, 2.05) is 6.92 Å². The molecule has 0 bridgehead atoms. The first-order chi connectivity index (χ1) is 16.1. The summed E-state index contributed by atoms with van der Waals surface area (Å²) in [5.74, 6) is -2.56. The van der Waals surface area contributed by atoms with E-state index < -0.39 is 38.7 Å². The number of halogens is 2. The third-order valence-corrected chi connectivity index (χ3v) is 9.00. The van der Waals surface area contributed by atoms with E-state index in [0.717, 1.165) is 44.2 Å². The molecule has 1 aliphatic heterocycles. The Morgan fingerprint density at radius 2 is 1.71 bits per heavy atom. The number of amides is 1. The predicted molar refractivity (Wildman–Crippen MR) is 123 cm³/mol. The van der Waals surface area contributed by atoms with Crippen molar-refractivity contribution in [2.75, 3.05) is 26.2 Å². The normalized spacial score (nSPS) is 20.7. The second kappa shape index (κ2) is 9.71. The largest absolute Gasteiger partial charge is 0.348 e. The Morgan fingerprint density at radius 3 is 2.26 bits per heavy atom. The Labute approximate surface area is 199 Å². The molecular weight excluding hydrogens is 464 g/mol. The van der Waals surface area contributed by atoms with Crippen molar-refractivity contribution in [3.8, 4) is 0 Å². The summed E-state index contributed by atoms with van der Waals surface area (Å²) in [7, 11) is -1.96. The molecular formula is C23H31F2N5O3S. The molecule has 1 atom stereocenters. The fourth-order valence-electron chi connectivity index (χ4n) is 5.33. The van der Waals surface area contributed by atoms with Crippen molar-refractivity contribution in [2.24, 2.45) is 7.05 Å². The molecule has 1 aliphatic carbocycles. The first-order valence-corrected chi connectivity index (χ1v) is 13.1. The van der Waals surface area contributed by atoms with Crippen molar-refractivity contribution in [3.05, 3.63) is 47.9 Å². The molecule has 0 radical (unpaired) electrons. The van der Waals surface area contributed by atoms with Gasteiger partial charge in [0.05, 0.1) is 6.33 Å². The van der Waals surface area contributed by atoms with Gasteiger partial charge in [0, 0.05) is 51.0 Å². The number of hydrogen-bond donors (Lipinski definition) is 1. The van der Waals surface area contributed by atoms with Gasteiger partial charge < -0.3 is 9.88 Å². The van der Waals surface area contributed by atoms with Crippen molar-refractivity contribution >= 4 is 15.9 Å². The molecule has 2 aliphatic rings. The Kier molecular flexibility index (Phi) is 7.07. The summed E-state index contributed by atoms with van der Waals surface area (Å²) in [6.07, 6.45) is 7.62. The minimum absolute atomic E-state index is 0.0309. The predicted octanol–water partition coefficient (Wildman–Crippen LogP) is 2.53. The number of aryl methyl sites for hydroxylation is 1. The van der Waals surface area contributed by atoms with Crippen LogP contribution in [0.5, 0.6) is 0 Å². The van der Waals surface area contributed by atoms with Crippen molar-refractivity contribution < 1.29 is 22.0 Å². The number of carbonyl (C=O) groups excluding carboxylic acids is 1. The molecule has 2 heterocycles. The van der Waals surface area contributed by atoms with Crippen molar-refractivity contribution in [2.45, 2.75) is 55.6 Å². The van der Waals surface area contributed by atoms with Gasteiger partial charge in [-0.2, -0.15) is 4.31 Å². The van der Waals surface area contributed by atoms with Crippen LogP contribution in [-0.4, -0.2) is 70.8 Å². The van der Waals surface area contributed by atoms with Gasteiger partial charge in [-0.25, -0.2) is 22.2 Å². The average molecular weight is 496 g/mol. The van der Waals surface area contributed by atoms with Crippen LogP contribution in [0.15, 0.2) is 35.7 Å². The molecule has 4 rings (SSSR count). The Bertz CT molecular complexity index is 1120. The quantitative estimate of drug-likeness (QED) is 0.666. The van der Waals surface area contributed by atoms with Crippen molar-refractivity contribution in [1.29, 1.82) is 0 Å². The third kappa shape index (κ3) is 4.60. The SMILES string of the molecule is CC(NC(=O)c1c(F)cccc1F)C1(N2CCN(S(=O)(=O)c3cn(C)cn3)CC2)CCCCC1. The molecule has 186 valence electrons. The van der Waals surface area contributed by atoms with Gasteiger partial charge in [-0.3, -0.25) is 9.69 Å². The highest BCUT2D eigenvalue weighted by atomic mass is 32.2. The van der Waals surface area contributed by atoms with Gasteiger partial charge in [0.1, 0.15) is 17.2 Å². The monoisotopic (exact) mass is 495 g/mol. The average Bonchev–Trinajstić information content (AvgIpc) is 3.26. The summed E-state index contributed by atoms with van der Waals surface area (Å²) in [4.78, 5) is 19.1. The van der Waals surface area contributed by atoms with Gasteiger partial charge in [-0.1, -0.05) is 25.3 Å². The summed E-state index contributed by atoms with van der Waals surface area (Å²) in [6, 6.07) is 2.99. The van der Waals surface area contributed by atoms with Gasteiger partial charge in [0.15, 0.2) is 5.03 Å². The molecule has 0 spiro atoms. The second-order valence-corrected chi connectivity index (χ2v) is 11.1. The smallest absolute Gasteiger partial charge is 0.262 e. The number of aromatic nitrogens is 2. The van der Waals surface area contributed by atoms with Crippen LogP contribution in [0.4, 0.5) is 8.78 Å². The Hall–Kier alpha value is -2.37. The van der Waals surface area contributed by atoms with E-state index in [0.29, 0.717) is 26.2 Å². The zero-order valence-corrected chi connectivity index (χ0v) is 20.3. The fourth-order valence-corrected chi connectivity index (χ4v) is 6.72. The molecule has 34 heavy (non-hydrogen) atoms. The van der Waals surface area contributed by atoms with Gasteiger partial charge in [0.25, 0.3) is 15.9 Å². The highest BCUT2D eigenvalue weighted by Crippen LogP contribution is 2.38. The second-order valence-electron chi connectivity index (χ2n) is 9.22. The van der Waals surface area contributed by atoms with Gasteiger partial charge >= 0.3 is 0 Å². The highest BCUT2D eigenvalue weighted by molar-refractivity contribution is 7.89. The van der Waals surface area contributed by atoms with E-state index in [4.69, 9.17) is 0 Å².